The Balaban J connectivity index is 0.981. The molecular weight excluding hydrogens is 810 g/mol. The van der Waals surface area contributed by atoms with Gasteiger partial charge in [0.15, 0.2) is 0 Å². The Morgan fingerprint density at radius 1 is 0.967 bits per heavy atom. The van der Waals surface area contributed by atoms with Crippen molar-refractivity contribution in [2.75, 3.05) is 49.5 Å². The predicted octanol–water partition coefficient (Wildman–Crippen LogP) is 8.97. The number of nitrogens with zero attached hydrogens (tertiary/aromatic N) is 4. The summed E-state index contributed by atoms with van der Waals surface area (Å²) in [5, 5.41) is 22.2. The third-order valence-corrected chi connectivity index (χ3v) is 14.3. The van der Waals surface area contributed by atoms with Crippen LogP contribution in [0.5, 0.6) is 11.5 Å². The Bertz CT molecular complexity index is 2540. The third kappa shape index (κ3) is 10.1. The molecule has 2 aliphatic carbocycles. The molecule has 1 saturated heterocycles. The first-order valence-corrected chi connectivity index (χ1v) is 23.2. The minimum Gasteiger partial charge on any atom is -0.456 e. The molecule has 5 aromatic rings. The molecule has 8 rings (SSSR count). The van der Waals surface area contributed by atoms with Crippen LogP contribution in [0.4, 0.5) is 11.5 Å². The Labute approximate surface area is 363 Å². The molecule has 2 aromatic heterocycles. The van der Waals surface area contributed by atoms with Crippen LogP contribution in [0.15, 0.2) is 89.6 Å². The first-order valence-electron chi connectivity index (χ1n) is 21.3. The largest absolute Gasteiger partial charge is 0.456 e. The zero-order valence-electron chi connectivity index (χ0n) is 35.4. The van der Waals surface area contributed by atoms with Crippen LogP contribution in [0.3, 0.4) is 0 Å². The van der Waals surface area contributed by atoms with E-state index in [4.69, 9.17) is 16.3 Å². The number of pyridine rings is 1. The van der Waals surface area contributed by atoms with E-state index in [2.05, 4.69) is 61.0 Å². The molecule has 3 heterocycles. The molecule has 0 atom stereocenters. The Morgan fingerprint density at radius 2 is 1.72 bits per heavy atom. The third-order valence-electron chi connectivity index (χ3n) is 12.7. The van der Waals surface area contributed by atoms with Crippen LogP contribution in [0.2, 0.25) is 5.02 Å². The van der Waals surface area contributed by atoms with Crippen LogP contribution >= 0.6 is 11.6 Å². The van der Waals surface area contributed by atoms with E-state index >= 15 is 0 Å². The number of anilines is 2. The van der Waals surface area contributed by atoms with Gasteiger partial charge in [0, 0.05) is 62.2 Å². The smallest absolute Gasteiger partial charge is 0.268 e. The number of H-pyrrole nitrogens is 1. The number of sulfonamides is 1. The van der Waals surface area contributed by atoms with E-state index in [1.54, 1.807) is 25.3 Å². The van der Waals surface area contributed by atoms with E-state index in [1.165, 1.54) is 29.0 Å². The average molecular weight is 867 g/mol. The number of aryl methyl sites for hydroxylation is 1. The lowest BCUT2D eigenvalue weighted by atomic mass is 9.72. The first-order chi connectivity index (χ1) is 29.1. The summed E-state index contributed by atoms with van der Waals surface area (Å²) in [6, 6.07) is 20.6. The van der Waals surface area contributed by atoms with E-state index < -0.39 is 21.5 Å². The van der Waals surface area contributed by atoms with Gasteiger partial charge in [0.1, 0.15) is 22.2 Å². The molecule has 1 saturated carbocycles. The number of halogens is 1. The fraction of sp³-hybridized carbons (Fsp3) is 0.426. The lowest BCUT2D eigenvalue weighted by molar-refractivity contribution is 0.00975. The van der Waals surface area contributed by atoms with Gasteiger partial charge >= 0.3 is 0 Å². The quantitative estimate of drug-likeness (QED) is 0.0957. The van der Waals surface area contributed by atoms with E-state index in [1.807, 2.05) is 43.3 Å². The second kappa shape index (κ2) is 17.4. The molecule has 61 heavy (non-hydrogen) atoms. The summed E-state index contributed by atoms with van der Waals surface area (Å²) in [5.41, 5.74) is 6.16. The van der Waals surface area contributed by atoms with Gasteiger partial charge in [-0.15, -0.1) is 0 Å². The molecule has 3 aromatic carbocycles. The minimum atomic E-state index is -4.30. The van der Waals surface area contributed by atoms with E-state index in [0.29, 0.717) is 29.6 Å². The Kier molecular flexibility index (Phi) is 12.2. The van der Waals surface area contributed by atoms with Crippen molar-refractivity contribution in [1.29, 1.82) is 0 Å². The number of fused-ring (bicyclic) bond motifs is 1. The molecule has 4 N–H and O–H groups in total. The highest BCUT2D eigenvalue weighted by Crippen LogP contribution is 2.43. The molecule has 2 fully saturated rings. The fourth-order valence-corrected chi connectivity index (χ4v) is 10.0. The summed E-state index contributed by atoms with van der Waals surface area (Å²) >= 11 is 6.25. The highest BCUT2D eigenvalue weighted by atomic mass is 35.5. The standard InChI is InChI=1S/C47H56ClN7O5S/c1-31-24-37(28-50-44(31)49-27-32-14-18-47(4,57)19-15-32)61(58,59)53-45(56)38-13-12-36(25-43(38)60-42-7-5-6-41-40(42)29-51-52-41)55-22-20-54(21-23-55)30-34-16-17-46(2,3)26-39(34)33-8-10-35(48)11-9-33/h5-13,24-25,28-29,32,57H,14-23,26-27,30H2,1-4H3,(H,49,50)(H,51,52)(H,53,56). The van der Waals surface area contributed by atoms with Gasteiger partial charge in [-0.3, -0.25) is 14.8 Å². The van der Waals surface area contributed by atoms with Gasteiger partial charge in [0.25, 0.3) is 15.9 Å². The number of ether oxygens (including phenoxy) is 1. The maximum atomic E-state index is 14.0. The summed E-state index contributed by atoms with van der Waals surface area (Å²) in [4.78, 5) is 23.1. The fourth-order valence-electron chi connectivity index (χ4n) is 8.89. The monoisotopic (exact) mass is 865 g/mol. The van der Waals surface area contributed by atoms with Crippen LogP contribution in [0, 0.1) is 18.3 Å². The van der Waals surface area contributed by atoms with Gasteiger partial charge in [-0.25, -0.2) is 18.1 Å². The Morgan fingerprint density at radius 3 is 2.46 bits per heavy atom. The van der Waals surface area contributed by atoms with Gasteiger partial charge in [-0.2, -0.15) is 5.10 Å². The maximum Gasteiger partial charge on any atom is 0.268 e. The summed E-state index contributed by atoms with van der Waals surface area (Å²) < 4.78 is 36.1. The highest BCUT2D eigenvalue weighted by Gasteiger charge is 2.31. The normalized spacial score (nSPS) is 21.1. The number of piperazine rings is 1. The summed E-state index contributed by atoms with van der Waals surface area (Å²) in [6.45, 7) is 13.2. The summed E-state index contributed by atoms with van der Waals surface area (Å²) in [6.07, 6.45) is 9.49. The average Bonchev–Trinajstić information content (AvgIpc) is 3.72. The van der Waals surface area contributed by atoms with Crippen molar-refractivity contribution < 1.29 is 23.1 Å². The number of hydrogen-bond acceptors (Lipinski definition) is 10. The number of nitrogens with one attached hydrogen (secondary N) is 3. The Hall–Kier alpha value is -4.95. The number of amides is 1. The van der Waals surface area contributed by atoms with Crippen LogP contribution in [-0.4, -0.2) is 84.4 Å². The van der Waals surface area contributed by atoms with Crippen molar-refractivity contribution in [2.45, 2.75) is 83.1 Å². The number of rotatable bonds is 12. The number of benzene rings is 3. The number of carbonyl (C=O) groups is 1. The van der Waals surface area contributed by atoms with E-state index in [0.717, 1.165) is 99.3 Å². The molecule has 0 unspecified atom stereocenters. The molecule has 1 amide bonds. The lowest BCUT2D eigenvalue weighted by Crippen LogP contribution is -2.47. The first kappa shape index (κ1) is 42.7. The van der Waals surface area contributed by atoms with Gasteiger partial charge in [-0.1, -0.05) is 49.2 Å². The number of aromatic nitrogens is 3. The molecular formula is C47H56ClN7O5S. The molecule has 0 spiro atoms. The topological polar surface area (TPSA) is 153 Å². The number of carbonyl (C=O) groups excluding carboxylic acids is 1. The lowest BCUT2D eigenvalue weighted by Gasteiger charge is -2.39. The van der Waals surface area contributed by atoms with Crippen molar-refractivity contribution in [3.63, 3.8) is 0 Å². The predicted molar refractivity (Wildman–Crippen MR) is 242 cm³/mol. The molecule has 322 valence electrons. The second-order valence-corrected chi connectivity index (χ2v) is 20.3. The van der Waals surface area contributed by atoms with Crippen LogP contribution in [0.25, 0.3) is 16.5 Å². The van der Waals surface area contributed by atoms with Crippen LogP contribution < -0.4 is 19.7 Å². The van der Waals surface area contributed by atoms with Gasteiger partial charge in [-0.05, 0) is 129 Å². The van der Waals surface area contributed by atoms with Crippen molar-refractivity contribution in [1.82, 2.24) is 24.8 Å². The zero-order valence-corrected chi connectivity index (χ0v) is 37.0. The van der Waals surface area contributed by atoms with Crippen LogP contribution in [0.1, 0.15) is 87.2 Å². The van der Waals surface area contributed by atoms with Gasteiger partial charge in [0.05, 0.1) is 28.3 Å². The molecule has 1 aliphatic heterocycles. The van der Waals surface area contributed by atoms with Gasteiger partial charge < -0.3 is 20.1 Å². The number of aromatic amines is 1. The SMILES string of the molecule is Cc1cc(S(=O)(=O)NC(=O)c2ccc(N3CCN(CC4=C(c5ccc(Cl)cc5)CC(C)(C)CC4)CC3)cc2Oc2cccc3[nH]ncc23)cnc1NCC1CCC(C)(O)CC1. The van der Waals surface area contributed by atoms with Crippen molar-refractivity contribution in [2.24, 2.45) is 11.3 Å². The number of allylic oxidation sites excluding steroid dienone is 1. The number of aliphatic hydroxyl groups is 1. The van der Waals surface area contributed by atoms with Crippen LogP contribution in [-0.2, 0) is 10.0 Å². The summed E-state index contributed by atoms with van der Waals surface area (Å²) in [5.74, 6) is 0.859. The van der Waals surface area contributed by atoms with Crippen molar-refractivity contribution >= 4 is 55.5 Å². The zero-order chi connectivity index (χ0) is 42.9. The highest BCUT2D eigenvalue weighted by molar-refractivity contribution is 7.90. The summed E-state index contributed by atoms with van der Waals surface area (Å²) in [7, 11) is -4.30. The van der Waals surface area contributed by atoms with Gasteiger partial charge in [0.2, 0.25) is 0 Å². The molecule has 0 bridgehead atoms. The van der Waals surface area contributed by atoms with Crippen molar-refractivity contribution in [3.05, 3.63) is 106 Å². The second-order valence-electron chi connectivity index (χ2n) is 18.2. The molecule has 14 heteroatoms. The molecule has 3 aliphatic rings. The molecule has 12 nitrogen and oxygen atoms in total. The maximum absolute atomic E-state index is 14.0. The number of hydrogen-bond donors (Lipinski definition) is 4. The van der Waals surface area contributed by atoms with E-state index in [9.17, 15) is 18.3 Å². The molecule has 0 radical (unpaired) electrons. The van der Waals surface area contributed by atoms with E-state index in [-0.39, 0.29) is 21.6 Å². The minimum absolute atomic E-state index is 0.0720. The van der Waals surface area contributed by atoms with Crippen molar-refractivity contribution in [3.8, 4) is 11.5 Å².